The van der Waals surface area contributed by atoms with E-state index in [4.69, 9.17) is 9.94 Å². The van der Waals surface area contributed by atoms with Crippen LogP contribution in [0.25, 0.3) is 0 Å². The lowest BCUT2D eigenvalue weighted by atomic mass is 10.2. The minimum atomic E-state index is -1.11. The number of carbonyl (C=O) groups is 1. The fraction of sp³-hybridized carbons (Fsp3) is 0.250. The predicted octanol–water partition coefficient (Wildman–Crippen LogP) is 0.552. The van der Waals surface area contributed by atoms with Crippen molar-refractivity contribution in [3.8, 4) is 0 Å². The van der Waals surface area contributed by atoms with E-state index in [1.807, 2.05) is 0 Å². The maximum atomic E-state index is 10.7. The SMILES string of the molecule is O=C(O)N1OCNC1c1ccncc1. The second kappa shape index (κ2) is 3.60. The summed E-state index contributed by atoms with van der Waals surface area (Å²) >= 11 is 0. The maximum Gasteiger partial charge on any atom is 0.433 e. The molecule has 1 aromatic heterocycles. The summed E-state index contributed by atoms with van der Waals surface area (Å²) in [6, 6.07) is 3.48. The van der Waals surface area contributed by atoms with Crippen LogP contribution in [0.3, 0.4) is 0 Å². The van der Waals surface area contributed by atoms with Crippen molar-refractivity contribution in [3.63, 3.8) is 0 Å². The molecule has 2 rings (SSSR count). The molecule has 1 aliphatic rings. The van der Waals surface area contributed by atoms with Crippen LogP contribution in [-0.2, 0) is 4.84 Å². The zero-order valence-corrected chi connectivity index (χ0v) is 7.25. The average Bonchev–Trinajstić information content (AvgIpc) is 2.67. The first-order chi connectivity index (χ1) is 6.79. The normalized spacial score (nSPS) is 21.1. The number of rotatable bonds is 1. The summed E-state index contributed by atoms with van der Waals surface area (Å²) in [5.41, 5.74) is 0.805. The van der Waals surface area contributed by atoms with E-state index < -0.39 is 12.3 Å². The van der Waals surface area contributed by atoms with Gasteiger partial charge in [-0.2, -0.15) is 5.06 Å². The lowest BCUT2D eigenvalue weighted by Gasteiger charge is -2.18. The molecule has 1 atom stereocenters. The average molecular weight is 195 g/mol. The summed E-state index contributed by atoms with van der Waals surface area (Å²) in [5.74, 6) is 0. The van der Waals surface area contributed by atoms with Crippen molar-refractivity contribution in [2.24, 2.45) is 0 Å². The van der Waals surface area contributed by atoms with Crippen LogP contribution in [0.1, 0.15) is 11.7 Å². The van der Waals surface area contributed by atoms with Crippen LogP contribution in [0.4, 0.5) is 4.79 Å². The lowest BCUT2D eigenvalue weighted by molar-refractivity contribution is -0.104. The van der Waals surface area contributed by atoms with Gasteiger partial charge in [0.1, 0.15) is 12.9 Å². The standard InChI is InChI=1S/C8H9N3O3/c12-8(13)11-7(10-5-14-11)6-1-3-9-4-2-6/h1-4,7,10H,5H2,(H,12,13). The number of hydrogen-bond acceptors (Lipinski definition) is 4. The van der Waals surface area contributed by atoms with E-state index in [0.717, 1.165) is 10.6 Å². The van der Waals surface area contributed by atoms with Crippen molar-refractivity contribution in [2.45, 2.75) is 6.17 Å². The third-order valence-corrected chi connectivity index (χ3v) is 1.93. The molecule has 6 nitrogen and oxygen atoms in total. The molecule has 0 saturated carbocycles. The van der Waals surface area contributed by atoms with Gasteiger partial charge in [0.15, 0.2) is 0 Å². The Morgan fingerprint density at radius 1 is 1.64 bits per heavy atom. The minimum Gasteiger partial charge on any atom is -0.463 e. The van der Waals surface area contributed by atoms with Gasteiger partial charge >= 0.3 is 6.09 Å². The highest BCUT2D eigenvalue weighted by Crippen LogP contribution is 2.21. The van der Waals surface area contributed by atoms with Crippen molar-refractivity contribution < 1.29 is 14.7 Å². The van der Waals surface area contributed by atoms with E-state index in [1.165, 1.54) is 0 Å². The highest BCUT2D eigenvalue weighted by atomic mass is 16.7. The molecule has 1 aliphatic heterocycles. The number of aromatic nitrogens is 1. The molecular formula is C8H9N3O3. The first-order valence-electron chi connectivity index (χ1n) is 4.07. The molecule has 14 heavy (non-hydrogen) atoms. The van der Waals surface area contributed by atoms with Gasteiger partial charge in [-0.05, 0) is 17.7 Å². The van der Waals surface area contributed by atoms with Gasteiger partial charge in [0.2, 0.25) is 0 Å². The van der Waals surface area contributed by atoms with Crippen LogP contribution in [0.2, 0.25) is 0 Å². The highest BCUT2D eigenvalue weighted by molar-refractivity contribution is 5.64. The molecule has 1 amide bonds. The molecule has 0 bridgehead atoms. The molecule has 1 unspecified atom stereocenters. The third-order valence-electron chi connectivity index (χ3n) is 1.93. The molecule has 74 valence electrons. The number of hydrogen-bond donors (Lipinski definition) is 2. The zero-order chi connectivity index (χ0) is 9.97. The summed E-state index contributed by atoms with van der Waals surface area (Å²) in [6.45, 7) is 0.194. The van der Waals surface area contributed by atoms with Crippen LogP contribution >= 0.6 is 0 Å². The predicted molar refractivity (Wildman–Crippen MR) is 45.9 cm³/mol. The smallest absolute Gasteiger partial charge is 0.433 e. The summed E-state index contributed by atoms with van der Waals surface area (Å²) in [5, 5.41) is 12.6. The van der Waals surface area contributed by atoms with E-state index in [0.29, 0.717) is 0 Å². The molecule has 2 N–H and O–H groups in total. The molecule has 1 fully saturated rings. The summed E-state index contributed by atoms with van der Waals surface area (Å²) in [6.07, 6.45) is 1.65. The quantitative estimate of drug-likeness (QED) is 0.684. The Morgan fingerprint density at radius 2 is 2.36 bits per heavy atom. The van der Waals surface area contributed by atoms with Gasteiger partial charge in [-0.15, -0.1) is 0 Å². The Morgan fingerprint density at radius 3 is 3.00 bits per heavy atom. The highest BCUT2D eigenvalue weighted by Gasteiger charge is 2.30. The van der Waals surface area contributed by atoms with Gasteiger partial charge in [-0.25, -0.2) is 4.79 Å². The summed E-state index contributed by atoms with van der Waals surface area (Å²) < 4.78 is 0. The van der Waals surface area contributed by atoms with Crippen molar-refractivity contribution in [1.29, 1.82) is 0 Å². The number of amides is 1. The first kappa shape index (κ1) is 8.92. The fourth-order valence-corrected chi connectivity index (χ4v) is 1.31. The van der Waals surface area contributed by atoms with Gasteiger partial charge in [0.25, 0.3) is 0 Å². The first-order valence-corrected chi connectivity index (χ1v) is 4.07. The molecule has 0 aromatic carbocycles. The van der Waals surface area contributed by atoms with Gasteiger partial charge < -0.3 is 5.11 Å². The Labute approximate surface area is 80.1 Å². The van der Waals surface area contributed by atoms with Gasteiger partial charge in [0, 0.05) is 12.4 Å². The Hall–Kier alpha value is -1.66. The van der Waals surface area contributed by atoms with Crippen molar-refractivity contribution in [2.75, 3.05) is 6.73 Å². The van der Waals surface area contributed by atoms with Crippen LogP contribution in [0.5, 0.6) is 0 Å². The summed E-state index contributed by atoms with van der Waals surface area (Å²) in [7, 11) is 0. The number of pyridine rings is 1. The Bertz CT molecular complexity index is 330. The van der Waals surface area contributed by atoms with E-state index in [-0.39, 0.29) is 6.73 Å². The van der Waals surface area contributed by atoms with Gasteiger partial charge in [0.05, 0.1) is 0 Å². The monoisotopic (exact) mass is 195 g/mol. The number of nitrogens with one attached hydrogen (secondary N) is 1. The van der Waals surface area contributed by atoms with Crippen molar-refractivity contribution >= 4 is 6.09 Å². The van der Waals surface area contributed by atoms with Crippen LogP contribution in [0, 0.1) is 0 Å². The second-order valence-electron chi connectivity index (χ2n) is 2.77. The van der Waals surface area contributed by atoms with Crippen LogP contribution < -0.4 is 5.32 Å². The molecule has 1 saturated heterocycles. The third kappa shape index (κ3) is 1.52. The Kier molecular flexibility index (Phi) is 2.30. The van der Waals surface area contributed by atoms with E-state index in [2.05, 4.69) is 10.3 Å². The Balaban J connectivity index is 2.22. The molecule has 6 heteroatoms. The number of hydroxylamine groups is 2. The topological polar surface area (TPSA) is 74.7 Å². The number of nitrogens with zero attached hydrogens (tertiary/aromatic N) is 2. The van der Waals surface area contributed by atoms with Gasteiger partial charge in [-0.3, -0.25) is 15.1 Å². The van der Waals surface area contributed by atoms with Crippen molar-refractivity contribution in [3.05, 3.63) is 30.1 Å². The minimum absolute atomic E-state index is 0.194. The number of carboxylic acid groups (broad SMARTS) is 1. The second-order valence-corrected chi connectivity index (χ2v) is 2.77. The zero-order valence-electron chi connectivity index (χ0n) is 7.25. The van der Waals surface area contributed by atoms with E-state index >= 15 is 0 Å². The largest absolute Gasteiger partial charge is 0.463 e. The molecule has 2 heterocycles. The molecular weight excluding hydrogens is 186 g/mol. The van der Waals surface area contributed by atoms with Crippen LogP contribution in [0.15, 0.2) is 24.5 Å². The lowest BCUT2D eigenvalue weighted by Crippen LogP contribution is -2.31. The van der Waals surface area contributed by atoms with Crippen molar-refractivity contribution in [1.82, 2.24) is 15.4 Å². The summed E-state index contributed by atoms with van der Waals surface area (Å²) in [4.78, 5) is 19.5. The van der Waals surface area contributed by atoms with E-state index in [9.17, 15) is 4.79 Å². The molecule has 0 spiro atoms. The molecule has 0 aliphatic carbocycles. The van der Waals surface area contributed by atoms with Crippen LogP contribution in [-0.4, -0.2) is 28.0 Å². The molecule has 0 radical (unpaired) electrons. The molecule has 1 aromatic rings. The van der Waals surface area contributed by atoms with E-state index in [1.54, 1.807) is 24.5 Å². The fourth-order valence-electron chi connectivity index (χ4n) is 1.31. The maximum absolute atomic E-state index is 10.7. The van der Waals surface area contributed by atoms with Gasteiger partial charge in [-0.1, -0.05) is 0 Å².